The lowest BCUT2D eigenvalue weighted by atomic mass is 10.1. The number of nitrogens with two attached hydrogens (primary N) is 1. The first-order valence-corrected chi connectivity index (χ1v) is 7.65. The van der Waals surface area contributed by atoms with E-state index in [1.165, 1.54) is 5.56 Å². The molecule has 3 rings (SSSR count). The van der Waals surface area contributed by atoms with Crippen molar-refractivity contribution >= 4 is 0 Å². The van der Waals surface area contributed by atoms with Crippen molar-refractivity contribution in [2.45, 2.75) is 19.9 Å². The fraction of sp³-hybridized carbons (Fsp3) is 0.222. The van der Waals surface area contributed by atoms with Gasteiger partial charge in [0.2, 0.25) is 0 Å². The van der Waals surface area contributed by atoms with Gasteiger partial charge in [-0.1, -0.05) is 24.3 Å². The third kappa shape index (κ3) is 2.96. The number of aryl methyl sites for hydroxylation is 1. The number of hydrogen-bond acceptors (Lipinski definition) is 4. The highest BCUT2D eigenvalue weighted by molar-refractivity contribution is 5.65. The third-order valence-electron chi connectivity index (χ3n) is 3.89. The first-order valence-electron chi connectivity index (χ1n) is 7.65. The van der Waals surface area contributed by atoms with Crippen LogP contribution in [0.1, 0.15) is 18.2 Å². The van der Waals surface area contributed by atoms with Gasteiger partial charge in [-0.15, -0.1) is 5.10 Å². The molecule has 1 heterocycles. The van der Waals surface area contributed by atoms with Gasteiger partial charge in [-0.2, -0.15) is 0 Å². The summed E-state index contributed by atoms with van der Waals surface area (Å²) in [5, 5.41) is 8.52. The van der Waals surface area contributed by atoms with E-state index in [9.17, 15) is 0 Å². The Hall–Kier alpha value is -2.66. The van der Waals surface area contributed by atoms with E-state index >= 15 is 0 Å². The van der Waals surface area contributed by atoms with Crippen molar-refractivity contribution in [1.29, 1.82) is 0 Å². The van der Waals surface area contributed by atoms with Gasteiger partial charge in [0, 0.05) is 12.1 Å². The molecule has 0 aliphatic heterocycles. The predicted molar refractivity (Wildman–Crippen MR) is 90.6 cm³/mol. The molecule has 0 atom stereocenters. The largest absolute Gasteiger partial charge is 0.497 e. The second-order valence-corrected chi connectivity index (χ2v) is 5.25. The molecule has 118 valence electrons. The Morgan fingerprint density at radius 2 is 1.74 bits per heavy atom. The molecule has 0 aliphatic rings. The van der Waals surface area contributed by atoms with E-state index in [4.69, 9.17) is 10.5 Å². The number of rotatable bonds is 5. The third-order valence-corrected chi connectivity index (χ3v) is 3.89. The van der Waals surface area contributed by atoms with E-state index in [1.54, 1.807) is 7.11 Å². The standard InChI is InChI=1S/C18H20N4O/c1-3-13-4-8-15(9-5-13)22-18(17(12-19)20-21-22)14-6-10-16(23-2)11-7-14/h4-11H,3,12,19H2,1-2H3. The number of ether oxygens (including phenoxy) is 1. The molecule has 3 aromatic rings. The Kier molecular flexibility index (Phi) is 4.39. The quantitative estimate of drug-likeness (QED) is 0.787. The van der Waals surface area contributed by atoms with Gasteiger partial charge in [-0.25, -0.2) is 4.68 Å². The molecule has 0 unspecified atom stereocenters. The van der Waals surface area contributed by atoms with Gasteiger partial charge in [-0.05, 0) is 48.4 Å². The Balaban J connectivity index is 2.08. The lowest BCUT2D eigenvalue weighted by Gasteiger charge is -2.09. The lowest BCUT2D eigenvalue weighted by Crippen LogP contribution is -2.02. The van der Waals surface area contributed by atoms with Crippen molar-refractivity contribution in [2.75, 3.05) is 7.11 Å². The highest BCUT2D eigenvalue weighted by atomic mass is 16.5. The van der Waals surface area contributed by atoms with Gasteiger partial charge in [0.25, 0.3) is 0 Å². The highest BCUT2D eigenvalue weighted by Gasteiger charge is 2.15. The zero-order valence-corrected chi connectivity index (χ0v) is 13.4. The minimum atomic E-state index is 0.342. The average molecular weight is 308 g/mol. The molecule has 0 radical (unpaired) electrons. The van der Waals surface area contributed by atoms with Crippen LogP contribution in [0.4, 0.5) is 0 Å². The molecule has 0 spiro atoms. The van der Waals surface area contributed by atoms with Crippen molar-refractivity contribution in [2.24, 2.45) is 5.73 Å². The van der Waals surface area contributed by atoms with E-state index in [-0.39, 0.29) is 0 Å². The van der Waals surface area contributed by atoms with Crippen molar-refractivity contribution in [1.82, 2.24) is 15.0 Å². The van der Waals surface area contributed by atoms with E-state index in [0.717, 1.165) is 34.8 Å². The average Bonchev–Trinajstić information content (AvgIpc) is 3.06. The maximum atomic E-state index is 5.84. The topological polar surface area (TPSA) is 66.0 Å². The van der Waals surface area contributed by atoms with Crippen LogP contribution in [0, 0.1) is 0 Å². The molecule has 1 aromatic heterocycles. The predicted octanol–water partition coefficient (Wildman–Crippen LogP) is 2.96. The number of nitrogens with zero attached hydrogens (tertiary/aromatic N) is 3. The van der Waals surface area contributed by atoms with Crippen LogP contribution in [0.2, 0.25) is 0 Å². The molecule has 0 saturated heterocycles. The fourth-order valence-electron chi connectivity index (χ4n) is 2.54. The Morgan fingerprint density at radius 3 is 2.30 bits per heavy atom. The summed E-state index contributed by atoms with van der Waals surface area (Å²) in [6, 6.07) is 16.2. The van der Waals surface area contributed by atoms with Crippen molar-refractivity contribution in [3.8, 4) is 22.7 Å². The first kappa shape index (κ1) is 15.2. The van der Waals surface area contributed by atoms with Gasteiger partial charge in [0.05, 0.1) is 18.5 Å². The molecule has 5 nitrogen and oxygen atoms in total. The van der Waals surface area contributed by atoms with Crippen LogP contribution in [-0.2, 0) is 13.0 Å². The molecule has 0 bridgehead atoms. The fourth-order valence-corrected chi connectivity index (χ4v) is 2.54. The Labute approximate surface area is 135 Å². The normalized spacial score (nSPS) is 10.7. The lowest BCUT2D eigenvalue weighted by molar-refractivity contribution is 0.415. The smallest absolute Gasteiger partial charge is 0.118 e. The molecule has 0 saturated carbocycles. The molecular weight excluding hydrogens is 288 g/mol. The monoisotopic (exact) mass is 308 g/mol. The summed E-state index contributed by atoms with van der Waals surface area (Å²) in [7, 11) is 1.65. The molecule has 0 fully saturated rings. The molecule has 5 heteroatoms. The summed E-state index contributed by atoms with van der Waals surface area (Å²) >= 11 is 0. The zero-order valence-electron chi connectivity index (χ0n) is 13.4. The van der Waals surface area contributed by atoms with Gasteiger partial charge in [0.15, 0.2) is 0 Å². The van der Waals surface area contributed by atoms with Gasteiger partial charge in [-0.3, -0.25) is 0 Å². The van der Waals surface area contributed by atoms with Crippen LogP contribution in [0.15, 0.2) is 48.5 Å². The van der Waals surface area contributed by atoms with Crippen LogP contribution in [0.25, 0.3) is 16.9 Å². The summed E-state index contributed by atoms with van der Waals surface area (Å²) in [5.41, 5.74) is 10.8. The van der Waals surface area contributed by atoms with Gasteiger partial charge in [0.1, 0.15) is 11.4 Å². The highest BCUT2D eigenvalue weighted by Crippen LogP contribution is 2.27. The zero-order chi connectivity index (χ0) is 16.2. The van der Waals surface area contributed by atoms with Crippen LogP contribution < -0.4 is 10.5 Å². The number of aromatic nitrogens is 3. The first-order chi connectivity index (χ1) is 11.3. The summed E-state index contributed by atoms with van der Waals surface area (Å²) in [5.74, 6) is 0.814. The molecule has 0 amide bonds. The van der Waals surface area contributed by atoms with Crippen LogP contribution in [0.5, 0.6) is 5.75 Å². The SMILES string of the molecule is CCc1ccc(-n2nnc(CN)c2-c2ccc(OC)cc2)cc1. The Morgan fingerprint density at radius 1 is 1.04 bits per heavy atom. The van der Waals surface area contributed by atoms with Crippen molar-refractivity contribution in [3.05, 3.63) is 59.8 Å². The molecule has 23 heavy (non-hydrogen) atoms. The number of hydrogen-bond donors (Lipinski definition) is 1. The molecular formula is C18H20N4O. The summed E-state index contributed by atoms with van der Waals surface area (Å²) in [6.07, 6.45) is 1.01. The molecule has 2 N–H and O–H groups in total. The van der Waals surface area contributed by atoms with E-state index in [0.29, 0.717) is 6.54 Å². The minimum Gasteiger partial charge on any atom is -0.497 e. The maximum Gasteiger partial charge on any atom is 0.118 e. The van der Waals surface area contributed by atoms with Gasteiger partial charge < -0.3 is 10.5 Å². The number of methoxy groups -OCH3 is 1. The van der Waals surface area contributed by atoms with Crippen LogP contribution in [0.3, 0.4) is 0 Å². The summed E-state index contributed by atoms with van der Waals surface area (Å²) in [4.78, 5) is 0. The van der Waals surface area contributed by atoms with Gasteiger partial charge >= 0.3 is 0 Å². The van der Waals surface area contributed by atoms with E-state index < -0.39 is 0 Å². The van der Waals surface area contributed by atoms with E-state index in [2.05, 4.69) is 41.5 Å². The van der Waals surface area contributed by atoms with Crippen LogP contribution >= 0.6 is 0 Å². The Bertz CT molecular complexity index is 776. The van der Waals surface area contributed by atoms with E-state index in [1.807, 2.05) is 28.9 Å². The number of benzene rings is 2. The second kappa shape index (κ2) is 6.62. The molecule has 0 aliphatic carbocycles. The van der Waals surface area contributed by atoms with Crippen LogP contribution in [-0.4, -0.2) is 22.1 Å². The second-order valence-electron chi connectivity index (χ2n) is 5.25. The van der Waals surface area contributed by atoms with Crippen molar-refractivity contribution < 1.29 is 4.74 Å². The maximum absolute atomic E-state index is 5.84. The minimum absolute atomic E-state index is 0.342. The summed E-state index contributed by atoms with van der Waals surface area (Å²) in [6.45, 7) is 2.48. The summed E-state index contributed by atoms with van der Waals surface area (Å²) < 4.78 is 7.06. The molecule has 2 aromatic carbocycles. The van der Waals surface area contributed by atoms with Crippen molar-refractivity contribution in [3.63, 3.8) is 0 Å².